The Morgan fingerprint density at radius 2 is 2.14 bits per heavy atom. The molecule has 0 atom stereocenters. The quantitative estimate of drug-likeness (QED) is 0.748. The first kappa shape index (κ1) is 15.4. The number of hydrogen-bond donors (Lipinski definition) is 3. The van der Waals surface area contributed by atoms with Crippen molar-refractivity contribution in [2.24, 2.45) is 5.14 Å². The molecule has 112 valence electrons. The molecule has 1 aromatic carbocycles. The Bertz CT molecular complexity index is 757. The Morgan fingerprint density at radius 3 is 2.81 bits per heavy atom. The van der Waals surface area contributed by atoms with Crippen LogP contribution < -0.4 is 15.8 Å². The molecule has 1 heterocycles. The second-order valence-corrected chi connectivity index (χ2v) is 6.51. The molecule has 0 spiro atoms. The molecule has 1 amide bonds. The number of benzene rings is 1. The topological polar surface area (TPSA) is 127 Å². The summed E-state index contributed by atoms with van der Waals surface area (Å²) in [5.41, 5.74) is 0.312. The van der Waals surface area contributed by atoms with Crippen molar-refractivity contribution in [1.29, 1.82) is 0 Å². The predicted molar refractivity (Wildman–Crippen MR) is 79.8 cm³/mol. The van der Waals surface area contributed by atoms with E-state index in [0.717, 1.165) is 11.3 Å². The van der Waals surface area contributed by atoms with Gasteiger partial charge < -0.3 is 10.6 Å². The van der Waals surface area contributed by atoms with Crippen LogP contribution in [0.2, 0.25) is 0 Å². The molecule has 0 saturated heterocycles. The molecule has 1 aromatic heterocycles. The van der Waals surface area contributed by atoms with Crippen molar-refractivity contribution in [3.63, 3.8) is 0 Å². The maximum atomic E-state index is 12.0. The number of aromatic nitrogens is 2. The minimum atomic E-state index is -3.82. The minimum absolute atomic E-state index is 0.0779. The zero-order chi connectivity index (χ0) is 15.5. The van der Waals surface area contributed by atoms with E-state index < -0.39 is 15.9 Å². The fraction of sp³-hybridized carbons (Fsp3) is 0.182. The summed E-state index contributed by atoms with van der Waals surface area (Å²) in [4.78, 5) is 11.9. The van der Waals surface area contributed by atoms with E-state index in [2.05, 4.69) is 20.8 Å². The van der Waals surface area contributed by atoms with Crippen molar-refractivity contribution in [3.8, 4) is 0 Å². The average molecular weight is 327 g/mol. The second kappa shape index (κ2) is 6.16. The normalized spacial score (nSPS) is 11.1. The van der Waals surface area contributed by atoms with Crippen molar-refractivity contribution >= 4 is 38.1 Å². The van der Waals surface area contributed by atoms with Crippen molar-refractivity contribution in [1.82, 2.24) is 10.2 Å². The fourth-order valence-electron chi connectivity index (χ4n) is 1.47. The molecule has 2 aromatic rings. The van der Waals surface area contributed by atoms with Gasteiger partial charge in [-0.3, -0.25) is 4.79 Å². The minimum Gasteiger partial charge on any atom is -0.360 e. The Kier molecular flexibility index (Phi) is 4.50. The van der Waals surface area contributed by atoms with Gasteiger partial charge in [-0.05, 0) is 25.1 Å². The number of anilines is 2. The average Bonchev–Trinajstić information content (AvgIpc) is 2.87. The summed E-state index contributed by atoms with van der Waals surface area (Å²) in [6.45, 7) is 2.58. The van der Waals surface area contributed by atoms with Crippen molar-refractivity contribution in [2.45, 2.75) is 11.8 Å². The molecule has 0 radical (unpaired) electrons. The maximum absolute atomic E-state index is 12.0. The number of hydrogen-bond acceptors (Lipinski definition) is 7. The van der Waals surface area contributed by atoms with Gasteiger partial charge in [0, 0.05) is 12.2 Å². The molecule has 0 saturated carbocycles. The van der Waals surface area contributed by atoms with Gasteiger partial charge in [-0.25, -0.2) is 13.6 Å². The van der Waals surface area contributed by atoms with Crippen LogP contribution in [0.3, 0.4) is 0 Å². The van der Waals surface area contributed by atoms with E-state index in [1.807, 2.05) is 6.92 Å². The van der Waals surface area contributed by atoms with Gasteiger partial charge >= 0.3 is 0 Å². The van der Waals surface area contributed by atoms with E-state index in [9.17, 15) is 13.2 Å². The van der Waals surface area contributed by atoms with Gasteiger partial charge in [0.1, 0.15) is 0 Å². The van der Waals surface area contributed by atoms with Gasteiger partial charge in [-0.1, -0.05) is 17.4 Å². The monoisotopic (exact) mass is 327 g/mol. The van der Waals surface area contributed by atoms with E-state index in [4.69, 9.17) is 5.14 Å². The zero-order valence-corrected chi connectivity index (χ0v) is 12.7. The molecule has 10 heteroatoms. The van der Waals surface area contributed by atoms with Crippen LogP contribution in [0.1, 0.15) is 16.7 Å². The van der Waals surface area contributed by atoms with E-state index in [1.165, 1.54) is 18.2 Å². The van der Waals surface area contributed by atoms with Crippen LogP contribution in [0.25, 0.3) is 0 Å². The molecule has 0 unspecified atom stereocenters. The first-order chi connectivity index (χ1) is 9.90. The third-order valence-electron chi connectivity index (χ3n) is 2.37. The highest BCUT2D eigenvalue weighted by molar-refractivity contribution is 7.89. The molecule has 4 N–H and O–H groups in total. The van der Waals surface area contributed by atoms with Gasteiger partial charge in [0.2, 0.25) is 20.2 Å². The smallest absolute Gasteiger partial charge is 0.286 e. The number of carbonyl (C=O) groups excluding carboxylic acids is 1. The van der Waals surface area contributed by atoms with Crippen LogP contribution in [0, 0.1) is 0 Å². The Balaban J connectivity index is 2.15. The third-order valence-corrected chi connectivity index (χ3v) is 4.16. The van der Waals surface area contributed by atoms with E-state index in [-0.39, 0.29) is 9.90 Å². The number of nitrogens with one attached hydrogen (secondary N) is 2. The molecule has 0 aliphatic carbocycles. The number of amides is 1. The van der Waals surface area contributed by atoms with Crippen molar-refractivity contribution in [2.75, 3.05) is 17.2 Å². The van der Waals surface area contributed by atoms with Crippen molar-refractivity contribution in [3.05, 3.63) is 29.3 Å². The van der Waals surface area contributed by atoms with Crippen LogP contribution in [0.4, 0.5) is 10.8 Å². The summed E-state index contributed by atoms with van der Waals surface area (Å²) in [6, 6.07) is 5.66. The van der Waals surface area contributed by atoms with Crippen LogP contribution in [-0.2, 0) is 10.0 Å². The Hall–Kier alpha value is -2.04. The van der Waals surface area contributed by atoms with Gasteiger partial charge in [-0.15, -0.1) is 10.2 Å². The van der Waals surface area contributed by atoms with Gasteiger partial charge in [0.15, 0.2) is 0 Å². The number of nitrogens with two attached hydrogens (primary N) is 1. The number of sulfonamides is 1. The van der Waals surface area contributed by atoms with E-state index in [1.54, 1.807) is 6.07 Å². The second-order valence-electron chi connectivity index (χ2n) is 3.97. The summed E-state index contributed by atoms with van der Waals surface area (Å²) in [5.74, 6) is -0.469. The summed E-state index contributed by atoms with van der Waals surface area (Å²) in [6.07, 6.45) is 0. The fourth-order valence-corrected chi connectivity index (χ4v) is 2.74. The highest BCUT2D eigenvalue weighted by Gasteiger charge is 2.14. The highest BCUT2D eigenvalue weighted by Crippen LogP contribution is 2.18. The molecule has 0 bridgehead atoms. The molecule has 2 rings (SSSR count). The summed E-state index contributed by atoms with van der Waals surface area (Å²) < 4.78 is 22.5. The number of carbonyl (C=O) groups is 1. The lowest BCUT2D eigenvalue weighted by atomic mass is 10.3. The Morgan fingerprint density at radius 1 is 1.38 bits per heavy atom. The predicted octanol–water partition coefficient (Wildman–Crippen LogP) is 0.870. The molecule has 0 fully saturated rings. The molecule has 8 nitrogen and oxygen atoms in total. The lowest BCUT2D eigenvalue weighted by Gasteiger charge is -2.04. The van der Waals surface area contributed by atoms with Gasteiger partial charge in [0.05, 0.1) is 4.90 Å². The van der Waals surface area contributed by atoms with E-state index >= 15 is 0 Å². The van der Waals surface area contributed by atoms with Crippen LogP contribution in [0.5, 0.6) is 0 Å². The van der Waals surface area contributed by atoms with Gasteiger partial charge in [0.25, 0.3) is 5.91 Å². The molecule has 0 aliphatic heterocycles. The highest BCUT2D eigenvalue weighted by atomic mass is 32.2. The summed E-state index contributed by atoms with van der Waals surface area (Å²) in [7, 11) is -3.82. The van der Waals surface area contributed by atoms with Crippen LogP contribution >= 0.6 is 11.3 Å². The Labute approximate surface area is 125 Å². The van der Waals surface area contributed by atoms with Crippen LogP contribution in [-0.4, -0.2) is 31.1 Å². The first-order valence-corrected chi connectivity index (χ1v) is 8.28. The summed E-state index contributed by atoms with van der Waals surface area (Å²) in [5, 5.41) is 18.8. The van der Waals surface area contributed by atoms with E-state index in [0.29, 0.717) is 17.4 Å². The molecular weight excluding hydrogens is 314 g/mol. The van der Waals surface area contributed by atoms with Crippen LogP contribution in [0.15, 0.2) is 29.2 Å². The largest absolute Gasteiger partial charge is 0.360 e. The lowest BCUT2D eigenvalue weighted by molar-refractivity contribution is 0.102. The molecule has 21 heavy (non-hydrogen) atoms. The first-order valence-electron chi connectivity index (χ1n) is 5.91. The number of rotatable bonds is 5. The lowest BCUT2D eigenvalue weighted by Crippen LogP contribution is -2.14. The van der Waals surface area contributed by atoms with Crippen molar-refractivity contribution < 1.29 is 13.2 Å². The number of nitrogens with zero attached hydrogens (tertiary/aromatic N) is 2. The molecule has 0 aliphatic rings. The third kappa shape index (κ3) is 3.97. The standard InChI is InChI=1S/C11H13N5O3S2/c1-2-13-11-16-15-10(20-11)9(17)14-7-4-3-5-8(6-7)21(12,18)19/h3-6H,2H2,1H3,(H,13,16)(H,14,17)(H2,12,18,19). The number of primary sulfonamides is 1. The summed E-state index contributed by atoms with van der Waals surface area (Å²) >= 11 is 1.11. The molecular formula is C11H13N5O3S2. The maximum Gasteiger partial charge on any atom is 0.286 e. The SMILES string of the molecule is CCNc1nnc(C(=O)Nc2cccc(S(N)(=O)=O)c2)s1. The van der Waals surface area contributed by atoms with Gasteiger partial charge in [-0.2, -0.15) is 0 Å². The zero-order valence-electron chi connectivity index (χ0n) is 11.0.